The number of amides is 1. The minimum absolute atomic E-state index is 0.0341. The topological polar surface area (TPSA) is 85.5 Å². The molecule has 3 heterocycles. The van der Waals surface area contributed by atoms with Crippen molar-refractivity contribution in [3.05, 3.63) is 51.2 Å². The zero-order valence-corrected chi connectivity index (χ0v) is 20.1. The van der Waals surface area contributed by atoms with Crippen LogP contribution >= 0.6 is 34.7 Å². The van der Waals surface area contributed by atoms with Gasteiger partial charge in [-0.25, -0.2) is 14.2 Å². The third-order valence-electron chi connectivity index (χ3n) is 5.21. The van der Waals surface area contributed by atoms with Gasteiger partial charge in [-0.1, -0.05) is 16.8 Å². The van der Waals surface area contributed by atoms with E-state index in [1.165, 1.54) is 41.3 Å². The highest BCUT2D eigenvalue weighted by Crippen LogP contribution is 2.34. The maximum absolute atomic E-state index is 13.2. The Hall–Kier alpha value is -2.43. The predicted octanol–water partition coefficient (Wildman–Crippen LogP) is 5.27. The van der Waals surface area contributed by atoms with Gasteiger partial charge in [0.05, 0.1) is 22.4 Å². The molecule has 33 heavy (non-hydrogen) atoms. The molecule has 1 fully saturated rings. The molecule has 0 N–H and O–H groups in total. The molecule has 1 aliphatic heterocycles. The number of halogens is 2. The van der Waals surface area contributed by atoms with Gasteiger partial charge in [0.15, 0.2) is 11.5 Å². The lowest BCUT2D eigenvalue weighted by atomic mass is 9.97. The molecule has 174 valence electrons. The van der Waals surface area contributed by atoms with Crippen LogP contribution in [0.1, 0.15) is 41.2 Å². The first kappa shape index (κ1) is 23.7. The van der Waals surface area contributed by atoms with E-state index in [9.17, 15) is 14.0 Å². The minimum Gasteiger partial charge on any atom is -0.461 e. The Bertz CT molecular complexity index is 1140. The lowest BCUT2D eigenvalue weighted by molar-refractivity contribution is -0.129. The SMILES string of the molecule is CCOC(=O)c1cc(-c2csc(C3CCN(C(=O)CSc4ccc(F)cc4Cl)CC3)n2)on1. The van der Waals surface area contributed by atoms with Gasteiger partial charge in [-0.15, -0.1) is 23.1 Å². The zero-order valence-electron chi connectivity index (χ0n) is 17.8. The van der Waals surface area contributed by atoms with E-state index in [0.717, 1.165) is 17.8 Å². The number of thioether (sulfide) groups is 1. The maximum Gasteiger partial charge on any atom is 0.360 e. The normalized spacial score (nSPS) is 14.5. The third kappa shape index (κ3) is 5.74. The number of rotatable bonds is 7. The Kier molecular flexibility index (Phi) is 7.67. The molecule has 0 bridgehead atoms. The summed E-state index contributed by atoms with van der Waals surface area (Å²) < 4.78 is 23.4. The Balaban J connectivity index is 1.30. The summed E-state index contributed by atoms with van der Waals surface area (Å²) in [4.78, 5) is 31.6. The number of benzene rings is 1. The van der Waals surface area contributed by atoms with E-state index in [0.29, 0.717) is 34.5 Å². The van der Waals surface area contributed by atoms with Crippen molar-refractivity contribution in [2.75, 3.05) is 25.4 Å². The van der Waals surface area contributed by atoms with E-state index in [1.807, 2.05) is 10.3 Å². The molecular weight excluding hydrogens is 489 g/mol. The van der Waals surface area contributed by atoms with Crippen LogP contribution < -0.4 is 0 Å². The first-order chi connectivity index (χ1) is 15.9. The first-order valence-corrected chi connectivity index (χ1v) is 12.6. The number of hydrogen-bond donors (Lipinski definition) is 0. The third-order valence-corrected chi connectivity index (χ3v) is 7.70. The van der Waals surface area contributed by atoms with Gasteiger partial charge in [0.2, 0.25) is 5.91 Å². The van der Waals surface area contributed by atoms with Gasteiger partial charge >= 0.3 is 5.97 Å². The molecule has 0 spiro atoms. The van der Waals surface area contributed by atoms with Crippen molar-refractivity contribution in [3.8, 4) is 11.5 Å². The van der Waals surface area contributed by atoms with Crippen LogP contribution in [0.2, 0.25) is 5.02 Å². The van der Waals surface area contributed by atoms with Gasteiger partial charge in [0.25, 0.3) is 0 Å². The van der Waals surface area contributed by atoms with Gasteiger partial charge in [0, 0.05) is 35.3 Å². The van der Waals surface area contributed by atoms with Gasteiger partial charge < -0.3 is 14.2 Å². The van der Waals surface area contributed by atoms with Crippen molar-refractivity contribution >= 4 is 46.6 Å². The summed E-state index contributed by atoms with van der Waals surface area (Å²) in [5, 5.41) is 6.92. The number of aromatic nitrogens is 2. The predicted molar refractivity (Wildman–Crippen MR) is 124 cm³/mol. The minimum atomic E-state index is -0.528. The number of ether oxygens (including phenoxy) is 1. The Morgan fingerprint density at radius 1 is 1.33 bits per heavy atom. The number of hydrogen-bond acceptors (Lipinski definition) is 8. The van der Waals surface area contributed by atoms with E-state index < -0.39 is 11.8 Å². The van der Waals surface area contributed by atoms with Crippen molar-refractivity contribution in [3.63, 3.8) is 0 Å². The summed E-state index contributed by atoms with van der Waals surface area (Å²) in [6, 6.07) is 5.71. The van der Waals surface area contributed by atoms with E-state index in [4.69, 9.17) is 20.9 Å². The Morgan fingerprint density at radius 3 is 2.85 bits per heavy atom. The van der Waals surface area contributed by atoms with Crippen LogP contribution in [0.25, 0.3) is 11.5 Å². The van der Waals surface area contributed by atoms with E-state index in [2.05, 4.69) is 10.1 Å². The van der Waals surface area contributed by atoms with Crippen LogP contribution in [0.5, 0.6) is 0 Å². The number of likely N-dealkylation sites (tertiary alicyclic amines) is 1. The van der Waals surface area contributed by atoms with Gasteiger partial charge in [-0.2, -0.15) is 0 Å². The molecule has 1 aliphatic rings. The summed E-state index contributed by atoms with van der Waals surface area (Å²) in [7, 11) is 0. The van der Waals surface area contributed by atoms with Crippen molar-refractivity contribution in [1.82, 2.24) is 15.0 Å². The van der Waals surface area contributed by atoms with Crippen molar-refractivity contribution < 1.29 is 23.2 Å². The molecule has 0 radical (unpaired) electrons. The number of nitrogens with zero attached hydrogens (tertiary/aromatic N) is 3. The summed E-state index contributed by atoms with van der Waals surface area (Å²) in [6.45, 7) is 3.28. The lowest BCUT2D eigenvalue weighted by Gasteiger charge is -2.31. The second-order valence-corrected chi connectivity index (χ2v) is 9.70. The van der Waals surface area contributed by atoms with E-state index in [1.54, 1.807) is 13.0 Å². The number of thiazole rings is 1. The van der Waals surface area contributed by atoms with Gasteiger partial charge in [-0.05, 0) is 38.0 Å². The average Bonchev–Trinajstić information content (AvgIpc) is 3.49. The van der Waals surface area contributed by atoms with Crippen LogP contribution in [-0.2, 0) is 9.53 Å². The number of carbonyl (C=O) groups excluding carboxylic acids is 2. The smallest absolute Gasteiger partial charge is 0.360 e. The molecule has 0 unspecified atom stereocenters. The highest BCUT2D eigenvalue weighted by molar-refractivity contribution is 8.00. The van der Waals surface area contributed by atoms with E-state index >= 15 is 0 Å². The summed E-state index contributed by atoms with van der Waals surface area (Å²) in [5.41, 5.74) is 0.747. The van der Waals surface area contributed by atoms with Crippen LogP contribution in [0.15, 0.2) is 39.1 Å². The van der Waals surface area contributed by atoms with Crippen LogP contribution in [0.4, 0.5) is 4.39 Å². The van der Waals surface area contributed by atoms with Gasteiger partial charge in [0.1, 0.15) is 11.5 Å². The molecule has 3 aromatic rings. The molecule has 4 rings (SSSR count). The second kappa shape index (κ2) is 10.7. The Morgan fingerprint density at radius 2 is 2.12 bits per heavy atom. The second-order valence-electron chi connectivity index (χ2n) is 7.39. The lowest BCUT2D eigenvalue weighted by Crippen LogP contribution is -2.38. The number of piperidine rings is 1. The Labute approximate surface area is 203 Å². The molecule has 2 aromatic heterocycles. The summed E-state index contributed by atoms with van der Waals surface area (Å²) in [6.07, 6.45) is 1.62. The summed E-state index contributed by atoms with van der Waals surface area (Å²) in [5.74, 6) is 0.0349. The molecule has 0 saturated carbocycles. The van der Waals surface area contributed by atoms with E-state index in [-0.39, 0.29) is 29.9 Å². The fourth-order valence-electron chi connectivity index (χ4n) is 3.48. The molecule has 1 amide bonds. The fourth-order valence-corrected chi connectivity index (χ4v) is 5.62. The van der Waals surface area contributed by atoms with Gasteiger partial charge in [-0.3, -0.25) is 4.79 Å². The van der Waals surface area contributed by atoms with Crippen LogP contribution in [0.3, 0.4) is 0 Å². The summed E-state index contributed by atoms with van der Waals surface area (Å²) >= 11 is 8.88. The zero-order chi connectivity index (χ0) is 23.4. The quantitative estimate of drug-likeness (QED) is 0.317. The monoisotopic (exact) mass is 509 g/mol. The fraction of sp³-hybridized carbons (Fsp3) is 0.364. The first-order valence-electron chi connectivity index (χ1n) is 10.4. The molecular formula is C22H21ClFN3O4S2. The standard InChI is InChI=1S/C22H21ClFN3O4S2/c1-2-30-22(29)16-10-18(31-26-16)17-11-33-21(25-17)13-5-7-27(8-6-13)20(28)12-32-19-4-3-14(24)9-15(19)23/h3-4,9-11,13H,2,5-8,12H2,1H3. The van der Waals surface area contributed by atoms with Crippen molar-refractivity contribution in [1.29, 1.82) is 0 Å². The number of carbonyl (C=O) groups is 2. The van der Waals surface area contributed by atoms with Crippen LogP contribution in [-0.4, -0.2) is 52.4 Å². The highest BCUT2D eigenvalue weighted by Gasteiger charge is 2.26. The molecule has 7 nitrogen and oxygen atoms in total. The molecule has 1 aromatic carbocycles. The molecule has 1 saturated heterocycles. The molecule has 11 heteroatoms. The van der Waals surface area contributed by atoms with Crippen LogP contribution in [0, 0.1) is 5.82 Å². The maximum atomic E-state index is 13.2. The number of esters is 1. The largest absolute Gasteiger partial charge is 0.461 e. The highest BCUT2D eigenvalue weighted by atomic mass is 35.5. The molecule has 0 aliphatic carbocycles. The van der Waals surface area contributed by atoms with Crippen molar-refractivity contribution in [2.24, 2.45) is 0 Å². The average molecular weight is 510 g/mol. The molecule has 0 atom stereocenters. The van der Waals surface area contributed by atoms with Crippen molar-refractivity contribution in [2.45, 2.75) is 30.6 Å².